The van der Waals surface area contributed by atoms with Crippen LogP contribution in [0.3, 0.4) is 0 Å². The molecule has 0 spiro atoms. The zero-order valence-electron chi connectivity index (χ0n) is 14.0. The van der Waals surface area contributed by atoms with Gasteiger partial charge >= 0.3 is 0 Å². The molecule has 1 atom stereocenters. The molecule has 1 saturated heterocycles. The fourth-order valence-corrected chi connectivity index (χ4v) is 2.95. The Hall–Kier alpha value is -0.900. The highest BCUT2D eigenvalue weighted by molar-refractivity contribution is 5.22. The molecule has 3 nitrogen and oxygen atoms in total. The van der Waals surface area contributed by atoms with Gasteiger partial charge in [-0.05, 0) is 37.4 Å². The second kappa shape index (κ2) is 7.39. The average Bonchev–Trinajstić information content (AvgIpc) is 2.47. The normalized spacial score (nSPS) is 23.7. The topological polar surface area (TPSA) is 24.5 Å². The van der Waals surface area contributed by atoms with Gasteiger partial charge in [0.1, 0.15) is 0 Å². The molecule has 3 heteroatoms. The fourth-order valence-electron chi connectivity index (χ4n) is 2.95. The first kappa shape index (κ1) is 16.5. The Bertz CT molecular complexity index is 429. The van der Waals surface area contributed by atoms with Gasteiger partial charge in [0.2, 0.25) is 0 Å². The minimum Gasteiger partial charge on any atom is -0.377 e. The molecule has 0 amide bonds. The zero-order chi connectivity index (χ0) is 15.3. The molecule has 0 radical (unpaired) electrons. The van der Waals surface area contributed by atoms with Crippen molar-refractivity contribution in [2.75, 3.05) is 20.2 Å². The van der Waals surface area contributed by atoms with Crippen LogP contribution in [0.5, 0.6) is 0 Å². The van der Waals surface area contributed by atoms with Crippen LogP contribution in [0.25, 0.3) is 0 Å². The molecular formula is C18H30N2O. The standard InChI is InChI=1S/C18H30N2O/c1-15(2)19-12-16-6-8-17(9-7-16)13-20-11-5-10-18(3,14-20)21-4/h6-9,15,19H,5,10-14H2,1-4H3. The van der Waals surface area contributed by atoms with Crippen molar-refractivity contribution in [3.05, 3.63) is 35.4 Å². The summed E-state index contributed by atoms with van der Waals surface area (Å²) in [5, 5.41) is 3.45. The van der Waals surface area contributed by atoms with Crippen LogP contribution in [0.15, 0.2) is 24.3 Å². The highest BCUT2D eigenvalue weighted by atomic mass is 16.5. The van der Waals surface area contributed by atoms with Crippen LogP contribution in [-0.4, -0.2) is 36.7 Å². The number of methoxy groups -OCH3 is 1. The average molecular weight is 290 g/mol. The van der Waals surface area contributed by atoms with E-state index in [0.717, 1.165) is 19.6 Å². The lowest BCUT2D eigenvalue weighted by Gasteiger charge is -2.39. The highest BCUT2D eigenvalue weighted by Crippen LogP contribution is 2.25. The van der Waals surface area contributed by atoms with Gasteiger partial charge in [0.05, 0.1) is 5.60 Å². The van der Waals surface area contributed by atoms with Crippen LogP contribution in [-0.2, 0) is 17.8 Å². The van der Waals surface area contributed by atoms with Crippen LogP contribution in [0.2, 0.25) is 0 Å². The van der Waals surface area contributed by atoms with E-state index >= 15 is 0 Å². The number of rotatable bonds is 6. The largest absolute Gasteiger partial charge is 0.377 e. The number of nitrogens with one attached hydrogen (secondary N) is 1. The van der Waals surface area contributed by atoms with Crippen LogP contribution in [0.4, 0.5) is 0 Å². The van der Waals surface area contributed by atoms with E-state index in [1.165, 1.54) is 30.5 Å². The second-order valence-corrected chi connectivity index (χ2v) is 6.82. The Labute approximate surface area is 129 Å². The third-order valence-electron chi connectivity index (χ3n) is 4.37. The molecule has 1 heterocycles. The number of piperidine rings is 1. The Balaban J connectivity index is 1.88. The minimum atomic E-state index is 0.0272. The molecule has 1 aromatic carbocycles. The monoisotopic (exact) mass is 290 g/mol. The second-order valence-electron chi connectivity index (χ2n) is 6.82. The molecule has 118 valence electrons. The van der Waals surface area contributed by atoms with Crippen molar-refractivity contribution < 1.29 is 4.74 Å². The lowest BCUT2D eigenvalue weighted by molar-refractivity contribution is -0.0527. The zero-order valence-corrected chi connectivity index (χ0v) is 14.0. The smallest absolute Gasteiger partial charge is 0.0777 e. The lowest BCUT2D eigenvalue weighted by atomic mass is 9.94. The number of hydrogen-bond donors (Lipinski definition) is 1. The lowest BCUT2D eigenvalue weighted by Crippen LogP contribution is -2.46. The summed E-state index contributed by atoms with van der Waals surface area (Å²) >= 11 is 0. The Morgan fingerprint density at radius 3 is 2.52 bits per heavy atom. The molecule has 0 saturated carbocycles. The van der Waals surface area contributed by atoms with Crippen LogP contribution in [0.1, 0.15) is 44.7 Å². The van der Waals surface area contributed by atoms with Crippen molar-refractivity contribution in [1.29, 1.82) is 0 Å². The summed E-state index contributed by atoms with van der Waals surface area (Å²) in [6.45, 7) is 10.8. The van der Waals surface area contributed by atoms with E-state index in [4.69, 9.17) is 4.74 Å². The van der Waals surface area contributed by atoms with Crippen LogP contribution >= 0.6 is 0 Å². The summed E-state index contributed by atoms with van der Waals surface area (Å²) in [5.41, 5.74) is 2.77. The maximum Gasteiger partial charge on any atom is 0.0777 e. The van der Waals surface area contributed by atoms with Crippen molar-refractivity contribution in [3.63, 3.8) is 0 Å². The van der Waals surface area contributed by atoms with Gasteiger partial charge in [-0.3, -0.25) is 4.90 Å². The van der Waals surface area contributed by atoms with Crippen molar-refractivity contribution in [2.24, 2.45) is 0 Å². The number of benzene rings is 1. The maximum atomic E-state index is 5.67. The molecule has 21 heavy (non-hydrogen) atoms. The van der Waals surface area contributed by atoms with E-state index in [1.54, 1.807) is 0 Å². The van der Waals surface area contributed by atoms with E-state index in [1.807, 2.05) is 7.11 Å². The minimum absolute atomic E-state index is 0.0272. The van der Waals surface area contributed by atoms with E-state index in [9.17, 15) is 0 Å². The van der Waals surface area contributed by atoms with E-state index in [-0.39, 0.29) is 5.60 Å². The van der Waals surface area contributed by atoms with Gasteiger partial charge < -0.3 is 10.1 Å². The molecule has 0 bridgehead atoms. The molecular weight excluding hydrogens is 260 g/mol. The Morgan fingerprint density at radius 2 is 1.90 bits per heavy atom. The van der Waals surface area contributed by atoms with Gasteiger partial charge in [-0.25, -0.2) is 0 Å². The summed E-state index contributed by atoms with van der Waals surface area (Å²) in [5.74, 6) is 0. The quantitative estimate of drug-likeness (QED) is 0.871. The Morgan fingerprint density at radius 1 is 1.24 bits per heavy atom. The number of nitrogens with zero attached hydrogens (tertiary/aromatic N) is 1. The SMILES string of the molecule is COC1(C)CCCN(Cc2ccc(CNC(C)C)cc2)C1. The van der Waals surface area contributed by atoms with Crippen molar-refractivity contribution in [3.8, 4) is 0 Å². The predicted molar refractivity (Wildman–Crippen MR) is 88.3 cm³/mol. The highest BCUT2D eigenvalue weighted by Gasteiger charge is 2.30. The van der Waals surface area contributed by atoms with Gasteiger partial charge in [0.25, 0.3) is 0 Å². The van der Waals surface area contributed by atoms with Gasteiger partial charge in [-0.1, -0.05) is 38.1 Å². The summed E-state index contributed by atoms with van der Waals surface area (Å²) in [7, 11) is 1.83. The molecule has 1 N–H and O–H groups in total. The summed E-state index contributed by atoms with van der Waals surface area (Å²) in [6.07, 6.45) is 2.39. The number of hydrogen-bond acceptors (Lipinski definition) is 3. The molecule has 1 aliphatic heterocycles. The molecule has 1 aromatic rings. The summed E-state index contributed by atoms with van der Waals surface area (Å²) < 4.78 is 5.67. The molecule has 1 unspecified atom stereocenters. The third-order valence-corrected chi connectivity index (χ3v) is 4.37. The van der Waals surface area contributed by atoms with Crippen molar-refractivity contribution >= 4 is 0 Å². The first-order chi connectivity index (χ1) is 10.0. The maximum absolute atomic E-state index is 5.67. The van der Waals surface area contributed by atoms with E-state index in [0.29, 0.717) is 6.04 Å². The molecule has 1 aliphatic rings. The van der Waals surface area contributed by atoms with Crippen molar-refractivity contribution in [1.82, 2.24) is 10.2 Å². The number of ether oxygens (including phenoxy) is 1. The van der Waals surface area contributed by atoms with Crippen LogP contribution in [0, 0.1) is 0 Å². The van der Waals surface area contributed by atoms with Gasteiger partial charge in [0, 0.05) is 32.8 Å². The molecule has 2 rings (SSSR count). The van der Waals surface area contributed by atoms with E-state index in [2.05, 4.69) is 55.3 Å². The molecule has 0 aromatic heterocycles. The summed E-state index contributed by atoms with van der Waals surface area (Å²) in [6, 6.07) is 9.53. The molecule has 0 aliphatic carbocycles. The fraction of sp³-hybridized carbons (Fsp3) is 0.667. The summed E-state index contributed by atoms with van der Waals surface area (Å²) in [4.78, 5) is 2.51. The molecule has 1 fully saturated rings. The first-order valence-corrected chi connectivity index (χ1v) is 8.09. The predicted octanol–water partition coefficient (Wildman–Crippen LogP) is 3.19. The number of likely N-dealkylation sites (tertiary alicyclic amines) is 1. The van der Waals surface area contributed by atoms with Crippen molar-refractivity contribution in [2.45, 2.75) is 58.3 Å². The van der Waals surface area contributed by atoms with Gasteiger partial charge in [0.15, 0.2) is 0 Å². The van der Waals surface area contributed by atoms with E-state index < -0.39 is 0 Å². The van der Waals surface area contributed by atoms with Gasteiger partial charge in [-0.15, -0.1) is 0 Å². The van der Waals surface area contributed by atoms with Crippen LogP contribution < -0.4 is 5.32 Å². The van der Waals surface area contributed by atoms with Gasteiger partial charge in [-0.2, -0.15) is 0 Å². The Kier molecular flexibility index (Phi) is 5.80. The first-order valence-electron chi connectivity index (χ1n) is 8.09. The third kappa shape index (κ3) is 5.10.